The van der Waals surface area contributed by atoms with Crippen molar-refractivity contribution in [2.45, 2.75) is 59.4 Å². The molecular weight excluding hydrogens is 264 g/mol. The van der Waals surface area contributed by atoms with Gasteiger partial charge >= 0.3 is 0 Å². The predicted molar refractivity (Wildman–Crippen MR) is 91.3 cm³/mol. The van der Waals surface area contributed by atoms with Crippen LogP contribution < -0.4 is 5.73 Å². The fourth-order valence-corrected chi connectivity index (χ4v) is 5.98. The van der Waals surface area contributed by atoms with E-state index in [-0.39, 0.29) is 5.54 Å². The maximum Gasteiger partial charge on any atom is 0.0472 e. The number of hydrogen-bond acceptors (Lipinski definition) is 3. The first-order valence-electron chi connectivity index (χ1n) is 8.26. The molecule has 1 unspecified atom stereocenters. The van der Waals surface area contributed by atoms with Crippen molar-refractivity contribution in [1.29, 1.82) is 0 Å². The van der Waals surface area contributed by atoms with Gasteiger partial charge in [-0.05, 0) is 54.9 Å². The van der Waals surface area contributed by atoms with Crippen LogP contribution in [0.25, 0.3) is 0 Å². The Morgan fingerprint density at radius 2 is 1.80 bits per heavy atom. The van der Waals surface area contributed by atoms with E-state index in [0.717, 1.165) is 12.5 Å². The zero-order valence-corrected chi connectivity index (χ0v) is 15.0. The van der Waals surface area contributed by atoms with Gasteiger partial charge < -0.3 is 5.73 Å². The van der Waals surface area contributed by atoms with Gasteiger partial charge in [0.2, 0.25) is 0 Å². The van der Waals surface area contributed by atoms with Gasteiger partial charge in [0.05, 0.1) is 0 Å². The van der Waals surface area contributed by atoms with Gasteiger partial charge in [-0.3, -0.25) is 4.90 Å². The third kappa shape index (κ3) is 2.91. The molecule has 0 radical (unpaired) electrons. The molecule has 0 amide bonds. The molecule has 118 valence electrons. The molecule has 0 aromatic heterocycles. The Morgan fingerprint density at radius 3 is 2.25 bits per heavy atom. The fourth-order valence-electron chi connectivity index (χ4n) is 4.15. The van der Waals surface area contributed by atoms with Crippen molar-refractivity contribution < 1.29 is 0 Å². The summed E-state index contributed by atoms with van der Waals surface area (Å²) < 4.78 is 0. The number of rotatable bonds is 2. The molecule has 0 saturated carbocycles. The van der Waals surface area contributed by atoms with Gasteiger partial charge in [-0.25, -0.2) is 0 Å². The highest BCUT2D eigenvalue weighted by Gasteiger charge is 2.50. The fraction of sp³-hybridized carbons (Fsp3) is 1.00. The summed E-state index contributed by atoms with van der Waals surface area (Å²) in [4.78, 5) is 2.75. The van der Waals surface area contributed by atoms with Crippen molar-refractivity contribution in [2.75, 3.05) is 31.1 Å². The van der Waals surface area contributed by atoms with Crippen LogP contribution in [-0.2, 0) is 0 Å². The summed E-state index contributed by atoms with van der Waals surface area (Å²) in [5.41, 5.74) is 7.34. The maximum absolute atomic E-state index is 6.31. The van der Waals surface area contributed by atoms with Crippen molar-refractivity contribution in [1.82, 2.24) is 4.90 Å². The second-order valence-electron chi connectivity index (χ2n) is 8.55. The van der Waals surface area contributed by atoms with Gasteiger partial charge in [-0.1, -0.05) is 34.6 Å². The second-order valence-corrected chi connectivity index (χ2v) is 9.65. The van der Waals surface area contributed by atoms with E-state index in [4.69, 9.17) is 5.73 Å². The molecule has 2 rings (SSSR count). The van der Waals surface area contributed by atoms with Gasteiger partial charge in [0.15, 0.2) is 0 Å². The molecule has 2 fully saturated rings. The van der Waals surface area contributed by atoms with E-state index in [1.54, 1.807) is 0 Å². The smallest absolute Gasteiger partial charge is 0.0472 e. The monoisotopic (exact) mass is 298 g/mol. The Labute approximate surface area is 130 Å². The summed E-state index contributed by atoms with van der Waals surface area (Å²) in [6.07, 6.45) is 3.98. The number of nitrogens with two attached hydrogens (primary N) is 1. The first-order chi connectivity index (χ1) is 9.23. The van der Waals surface area contributed by atoms with Gasteiger partial charge in [-0.2, -0.15) is 11.8 Å². The van der Waals surface area contributed by atoms with Crippen LogP contribution in [0.15, 0.2) is 0 Å². The average molecular weight is 299 g/mol. The minimum atomic E-state index is 0.221. The van der Waals surface area contributed by atoms with Crippen LogP contribution in [0.2, 0.25) is 0 Å². The number of nitrogens with zero attached hydrogens (tertiary/aromatic N) is 1. The lowest BCUT2D eigenvalue weighted by atomic mass is 9.68. The number of piperidine rings is 1. The molecule has 1 atom stereocenters. The van der Waals surface area contributed by atoms with Crippen molar-refractivity contribution in [3.8, 4) is 0 Å². The van der Waals surface area contributed by atoms with Crippen molar-refractivity contribution in [2.24, 2.45) is 22.5 Å². The van der Waals surface area contributed by atoms with Gasteiger partial charge in [-0.15, -0.1) is 0 Å². The SMILES string of the molecule is CC(C)(C)C1CCN(C2(CN)CSCCC2(C)C)CC1. The minimum Gasteiger partial charge on any atom is -0.329 e. The van der Waals surface area contributed by atoms with E-state index in [2.05, 4.69) is 51.3 Å². The van der Waals surface area contributed by atoms with Crippen LogP contribution in [0.4, 0.5) is 0 Å². The first kappa shape index (κ1) is 16.6. The van der Waals surface area contributed by atoms with E-state index in [0.29, 0.717) is 10.8 Å². The van der Waals surface area contributed by atoms with Gasteiger partial charge in [0.25, 0.3) is 0 Å². The Bertz CT molecular complexity index is 326. The van der Waals surface area contributed by atoms with Crippen molar-refractivity contribution in [3.05, 3.63) is 0 Å². The predicted octanol–water partition coefficient (Wildman–Crippen LogP) is 3.61. The molecule has 0 aromatic carbocycles. The molecule has 2 saturated heterocycles. The van der Waals surface area contributed by atoms with E-state index in [1.165, 1.54) is 43.9 Å². The molecule has 2 heterocycles. The quantitative estimate of drug-likeness (QED) is 0.844. The summed E-state index contributed by atoms with van der Waals surface area (Å²) in [5.74, 6) is 3.39. The second kappa shape index (κ2) is 5.81. The molecule has 20 heavy (non-hydrogen) atoms. The lowest BCUT2D eigenvalue weighted by molar-refractivity contribution is -0.0307. The third-order valence-corrected chi connectivity index (χ3v) is 7.31. The van der Waals surface area contributed by atoms with Gasteiger partial charge in [0, 0.05) is 17.8 Å². The molecule has 2 nitrogen and oxygen atoms in total. The largest absolute Gasteiger partial charge is 0.329 e. The lowest BCUT2D eigenvalue weighted by Crippen LogP contribution is -2.67. The van der Waals surface area contributed by atoms with Crippen LogP contribution in [0, 0.1) is 16.7 Å². The molecule has 3 heteroatoms. The Kier molecular flexibility index (Phi) is 4.83. The molecule has 0 spiro atoms. The van der Waals surface area contributed by atoms with Crippen LogP contribution in [0.3, 0.4) is 0 Å². The third-order valence-electron chi connectivity index (χ3n) is 6.13. The summed E-state index contributed by atoms with van der Waals surface area (Å²) in [5, 5.41) is 0. The number of likely N-dealkylation sites (tertiary alicyclic amines) is 1. The van der Waals surface area contributed by atoms with Crippen LogP contribution in [-0.4, -0.2) is 41.6 Å². The van der Waals surface area contributed by atoms with Crippen LogP contribution >= 0.6 is 11.8 Å². The zero-order valence-electron chi connectivity index (χ0n) is 14.2. The highest BCUT2D eigenvalue weighted by atomic mass is 32.2. The summed E-state index contributed by atoms with van der Waals surface area (Å²) >= 11 is 2.11. The standard InChI is InChI=1S/C17H34N2S/c1-15(2,3)14-6-9-19(10-7-14)17(12-18)13-20-11-8-16(17,4)5/h14H,6-13,18H2,1-5H3. The summed E-state index contributed by atoms with van der Waals surface area (Å²) in [6, 6.07) is 0. The van der Waals surface area contributed by atoms with Crippen LogP contribution in [0.5, 0.6) is 0 Å². The normalized spacial score (nSPS) is 33.3. The maximum atomic E-state index is 6.31. The Balaban J connectivity index is 2.10. The van der Waals surface area contributed by atoms with E-state index in [1.807, 2.05) is 0 Å². The molecule has 2 aliphatic heterocycles. The van der Waals surface area contributed by atoms with E-state index in [9.17, 15) is 0 Å². The lowest BCUT2D eigenvalue weighted by Gasteiger charge is -2.57. The molecule has 0 aliphatic carbocycles. The van der Waals surface area contributed by atoms with Crippen molar-refractivity contribution in [3.63, 3.8) is 0 Å². The molecule has 2 N–H and O–H groups in total. The van der Waals surface area contributed by atoms with E-state index >= 15 is 0 Å². The zero-order chi connectivity index (χ0) is 15.0. The first-order valence-corrected chi connectivity index (χ1v) is 9.41. The highest BCUT2D eigenvalue weighted by molar-refractivity contribution is 7.99. The topological polar surface area (TPSA) is 29.3 Å². The van der Waals surface area contributed by atoms with Crippen molar-refractivity contribution >= 4 is 11.8 Å². The molecule has 0 aromatic rings. The number of thioether (sulfide) groups is 1. The summed E-state index contributed by atoms with van der Waals surface area (Å²) in [7, 11) is 0. The van der Waals surface area contributed by atoms with Gasteiger partial charge in [0.1, 0.15) is 0 Å². The Morgan fingerprint density at radius 1 is 1.20 bits per heavy atom. The van der Waals surface area contributed by atoms with Crippen LogP contribution in [0.1, 0.15) is 53.9 Å². The summed E-state index contributed by atoms with van der Waals surface area (Å²) in [6.45, 7) is 15.4. The Hall–Kier alpha value is 0.270. The highest BCUT2D eigenvalue weighted by Crippen LogP contribution is 2.47. The molecular formula is C17H34N2S. The average Bonchev–Trinajstić information content (AvgIpc) is 2.38. The number of hydrogen-bond donors (Lipinski definition) is 1. The minimum absolute atomic E-state index is 0.221. The van der Waals surface area contributed by atoms with E-state index < -0.39 is 0 Å². The molecule has 0 bridgehead atoms. The molecule has 2 aliphatic rings.